The lowest BCUT2D eigenvalue weighted by Gasteiger charge is -2.40. The molecule has 1 aromatic carbocycles. The molecule has 0 saturated carbocycles. The summed E-state index contributed by atoms with van der Waals surface area (Å²) in [5, 5.41) is 2.72. The maximum Gasteiger partial charge on any atom is 0.416 e. The molecule has 0 bridgehead atoms. The molecule has 0 aromatic heterocycles. The minimum atomic E-state index is -4.42. The van der Waals surface area contributed by atoms with Gasteiger partial charge in [0.2, 0.25) is 0 Å². The molecule has 126 valence electrons. The number of urea groups is 1. The largest absolute Gasteiger partial charge is 0.470 e. The van der Waals surface area contributed by atoms with Gasteiger partial charge in [-0.1, -0.05) is 17.7 Å². The van der Waals surface area contributed by atoms with Gasteiger partial charge in [-0.2, -0.15) is 13.2 Å². The quantitative estimate of drug-likeness (QED) is 0.855. The summed E-state index contributed by atoms with van der Waals surface area (Å²) in [5.74, 6) is 0.103. The highest BCUT2D eigenvalue weighted by Gasteiger charge is 2.35. The fourth-order valence-corrected chi connectivity index (χ4v) is 2.07. The van der Waals surface area contributed by atoms with E-state index in [0.29, 0.717) is 19.5 Å². The second kappa shape index (κ2) is 6.93. The van der Waals surface area contributed by atoms with E-state index in [1.807, 2.05) is 19.9 Å². The van der Waals surface area contributed by atoms with Crippen molar-refractivity contribution in [2.75, 3.05) is 13.1 Å². The lowest BCUT2D eigenvalue weighted by Crippen LogP contribution is -2.57. The smallest absolute Gasteiger partial charge is 0.416 e. The molecule has 1 aromatic rings. The number of carbonyl (C=O) groups excluding carboxylic acids is 1. The van der Waals surface area contributed by atoms with Crippen molar-refractivity contribution in [3.8, 4) is 5.75 Å². The van der Waals surface area contributed by atoms with Gasteiger partial charge in [-0.25, -0.2) is 4.79 Å². The van der Waals surface area contributed by atoms with E-state index in [9.17, 15) is 18.0 Å². The molecule has 2 rings (SSSR count). The third-order valence-electron chi connectivity index (χ3n) is 3.42. The van der Waals surface area contributed by atoms with Gasteiger partial charge in [-0.15, -0.1) is 0 Å². The number of ether oxygens (including phenoxy) is 1. The molecule has 1 aliphatic rings. The molecule has 1 saturated heterocycles. The van der Waals surface area contributed by atoms with Gasteiger partial charge < -0.3 is 10.1 Å². The van der Waals surface area contributed by atoms with E-state index in [1.165, 1.54) is 17.0 Å². The van der Waals surface area contributed by atoms with Crippen molar-refractivity contribution >= 4 is 6.03 Å². The van der Waals surface area contributed by atoms with Crippen LogP contribution in [0.3, 0.4) is 0 Å². The molecule has 4 nitrogen and oxygen atoms in total. The van der Waals surface area contributed by atoms with E-state index in [4.69, 9.17) is 4.74 Å². The number of likely N-dealkylation sites (tertiary alicyclic amines) is 1. The van der Waals surface area contributed by atoms with Gasteiger partial charge in [-0.3, -0.25) is 4.90 Å². The van der Waals surface area contributed by atoms with Crippen LogP contribution in [0.1, 0.15) is 25.8 Å². The first-order chi connectivity index (χ1) is 10.8. The van der Waals surface area contributed by atoms with Crippen LogP contribution >= 0.6 is 0 Å². The van der Waals surface area contributed by atoms with Crippen LogP contribution in [0.25, 0.3) is 0 Å². The molecular weight excluding hydrogens is 309 g/mol. The average Bonchev–Trinajstić information content (AvgIpc) is 2.42. The summed E-state index contributed by atoms with van der Waals surface area (Å²) >= 11 is 0. The monoisotopic (exact) mass is 328 g/mol. The molecule has 1 fully saturated rings. The first-order valence-electron chi connectivity index (χ1n) is 7.29. The van der Waals surface area contributed by atoms with E-state index in [0.717, 1.165) is 17.7 Å². The highest BCUT2D eigenvalue weighted by atomic mass is 19.4. The van der Waals surface area contributed by atoms with Gasteiger partial charge in [0.15, 0.2) is 6.23 Å². The number of allylic oxidation sites excluding steroid dienone is 1. The zero-order valence-corrected chi connectivity index (χ0v) is 13.0. The van der Waals surface area contributed by atoms with Crippen molar-refractivity contribution in [1.82, 2.24) is 10.2 Å². The van der Waals surface area contributed by atoms with Crippen molar-refractivity contribution in [3.05, 3.63) is 41.5 Å². The summed E-state index contributed by atoms with van der Waals surface area (Å²) in [6.45, 7) is 4.78. The van der Waals surface area contributed by atoms with Gasteiger partial charge in [0.05, 0.1) is 5.56 Å². The molecule has 0 unspecified atom stereocenters. The lowest BCUT2D eigenvalue weighted by atomic mass is 10.2. The molecule has 0 aliphatic carbocycles. The van der Waals surface area contributed by atoms with Gasteiger partial charge in [0.1, 0.15) is 5.75 Å². The number of benzene rings is 1. The summed E-state index contributed by atoms with van der Waals surface area (Å²) in [7, 11) is 0. The van der Waals surface area contributed by atoms with Gasteiger partial charge >= 0.3 is 12.2 Å². The van der Waals surface area contributed by atoms with Crippen LogP contribution in [0.5, 0.6) is 5.75 Å². The maximum absolute atomic E-state index is 12.7. The third kappa shape index (κ3) is 4.64. The molecule has 2 amide bonds. The Bertz CT molecular complexity index is 595. The van der Waals surface area contributed by atoms with Gasteiger partial charge in [0, 0.05) is 19.5 Å². The summed E-state index contributed by atoms with van der Waals surface area (Å²) in [4.78, 5) is 13.4. The number of hydrogen-bond acceptors (Lipinski definition) is 2. The van der Waals surface area contributed by atoms with Crippen molar-refractivity contribution in [3.63, 3.8) is 0 Å². The molecular formula is C16H19F3N2O2. The number of halogens is 3. The Kier molecular flexibility index (Phi) is 5.18. The Hall–Kier alpha value is -2.18. The third-order valence-corrected chi connectivity index (χ3v) is 3.42. The number of hydrogen-bond donors (Lipinski definition) is 1. The van der Waals surface area contributed by atoms with Gasteiger partial charge in [0.25, 0.3) is 0 Å². The van der Waals surface area contributed by atoms with Crippen molar-refractivity contribution in [2.45, 2.75) is 32.7 Å². The van der Waals surface area contributed by atoms with Crippen LogP contribution in [-0.2, 0) is 6.18 Å². The summed E-state index contributed by atoms with van der Waals surface area (Å²) in [5.41, 5.74) is 0.319. The van der Waals surface area contributed by atoms with Crippen LogP contribution in [-0.4, -0.2) is 30.2 Å². The Morgan fingerprint density at radius 2 is 2.17 bits per heavy atom. The topological polar surface area (TPSA) is 41.6 Å². The van der Waals surface area contributed by atoms with E-state index >= 15 is 0 Å². The number of alkyl halides is 3. The standard InChI is InChI=1S/C16H19F3N2O2/c1-11(2)6-8-20-15(22)21-9-7-14(21)23-13-5-3-4-12(10-13)16(17,18)19/h3-6,10,14H,7-9H2,1-2H3,(H,20,22)/t14-/m0/s1. The van der Waals surface area contributed by atoms with E-state index < -0.39 is 18.0 Å². The number of rotatable bonds is 4. The Morgan fingerprint density at radius 3 is 2.74 bits per heavy atom. The highest BCUT2D eigenvalue weighted by molar-refractivity contribution is 5.75. The highest BCUT2D eigenvalue weighted by Crippen LogP contribution is 2.32. The Balaban J connectivity index is 1.93. The van der Waals surface area contributed by atoms with Crippen molar-refractivity contribution in [1.29, 1.82) is 0 Å². The van der Waals surface area contributed by atoms with Crippen LogP contribution in [0.4, 0.5) is 18.0 Å². The zero-order valence-electron chi connectivity index (χ0n) is 13.0. The second-order valence-corrected chi connectivity index (χ2v) is 5.55. The molecule has 0 radical (unpaired) electrons. The molecule has 1 aliphatic heterocycles. The fraction of sp³-hybridized carbons (Fsp3) is 0.438. The maximum atomic E-state index is 12.7. The van der Waals surface area contributed by atoms with Crippen molar-refractivity contribution < 1.29 is 22.7 Å². The summed E-state index contributed by atoms with van der Waals surface area (Å²) in [6, 6.07) is 4.38. The predicted octanol–water partition coefficient (Wildman–Crippen LogP) is 3.79. The molecule has 23 heavy (non-hydrogen) atoms. The fourth-order valence-electron chi connectivity index (χ4n) is 2.07. The lowest BCUT2D eigenvalue weighted by molar-refractivity contribution is -0.137. The molecule has 0 spiro atoms. The first kappa shape index (κ1) is 17.2. The second-order valence-electron chi connectivity index (χ2n) is 5.55. The van der Waals surface area contributed by atoms with Crippen LogP contribution in [0, 0.1) is 0 Å². The first-order valence-corrected chi connectivity index (χ1v) is 7.29. The zero-order chi connectivity index (χ0) is 17.0. The summed E-state index contributed by atoms with van der Waals surface area (Å²) < 4.78 is 43.5. The van der Waals surface area contributed by atoms with Crippen LogP contribution < -0.4 is 10.1 Å². The number of nitrogens with zero attached hydrogens (tertiary/aromatic N) is 1. The Morgan fingerprint density at radius 1 is 1.43 bits per heavy atom. The number of amides is 2. The van der Waals surface area contributed by atoms with E-state index in [1.54, 1.807) is 0 Å². The average molecular weight is 328 g/mol. The molecule has 1 heterocycles. The van der Waals surface area contributed by atoms with Crippen LogP contribution in [0.15, 0.2) is 35.9 Å². The van der Waals surface area contributed by atoms with Gasteiger partial charge in [-0.05, 0) is 32.0 Å². The van der Waals surface area contributed by atoms with Crippen LogP contribution in [0.2, 0.25) is 0 Å². The molecule has 1 atom stereocenters. The SMILES string of the molecule is CC(C)=CCNC(=O)N1CC[C@@H]1Oc1cccc(C(F)(F)F)c1. The Labute approximate surface area is 132 Å². The normalized spacial score (nSPS) is 17.3. The van der Waals surface area contributed by atoms with E-state index in [2.05, 4.69) is 5.32 Å². The number of carbonyl (C=O) groups is 1. The molecule has 7 heteroatoms. The van der Waals surface area contributed by atoms with E-state index in [-0.39, 0.29) is 11.8 Å². The summed E-state index contributed by atoms with van der Waals surface area (Å²) in [6.07, 6.45) is -2.49. The van der Waals surface area contributed by atoms with Crippen molar-refractivity contribution in [2.24, 2.45) is 0 Å². The predicted molar refractivity (Wildman–Crippen MR) is 80.0 cm³/mol. The number of nitrogens with one attached hydrogen (secondary N) is 1. The minimum Gasteiger partial charge on any atom is -0.470 e. The minimum absolute atomic E-state index is 0.103. The molecule has 1 N–H and O–H groups in total.